The van der Waals surface area contributed by atoms with E-state index >= 15 is 0 Å². The van der Waals surface area contributed by atoms with Gasteiger partial charge >= 0.3 is 6.18 Å². The number of carbonyl (C=O) groups excluding carboxylic acids is 1. The van der Waals surface area contributed by atoms with Gasteiger partial charge in [0.25, 0.3) is 0 Å². The zero-order valence-electron chi connectivity index (χ0n) is 15.9. The normalized spacial score (nSPS) is 16.8. The van der Waals surface area contributed by atoms with Crippen LogP contribution in [0.1, 0.15) is 16.5 Å². The van der Waals surface area contributed by atoms with E-state index in [1.54, 1.807) is 31.3 Å². The fourth-order valence-corrected chi connectivity index (χ4v) is 4.28. The van der Waals surface area contributed by atoms with Gasteiger partial charge in [0.15, 0.2) is 6.61 Å². The van der Waals surface area contributed by atoms with E-state index < -0.39 is 12.8 Å². The Balaban J connectivity index is 1.79. The maximum absolute atomic E-state index is 12.5. The summed E-state index contributed by atoms with van der Waals surface area (Å²) in [5.41, 5.74) is 1.55. The van der Waals surface area contributed by atoms with Crippen LogP contribution in [0.25, 0.3) is 0 Å². The van der Waals surface area contributed by atoms with Crippen molar-refractivity contribution in [3.8, 4) is 17.2 Å². The number of amides is 1. The molecular weight excluding hydrogens is 407 g/mol. The minimum atomic E-state index is -4.39. The molecule has 1 fully saturated rings. The van der Waals surface area contributed by atoms with Gasteiger partial charge in [-0.2, -0.15) is 13.2 Å². The minimum absolute atomic E-state index is 0.0367. The average molecular weight is 427 g/mol. The van der Waals surface area contributed by atoms with Crippen molar-refractivity contribution < 1.29 is 32.2 Å². The summed E-state index contributed by atoms with van der Waals surface area (Å²) >= 11 is 1.47. The van der Waals surface area contributed by atoms with Gasteiger partial charge in [0.1, 0.15) is 22.6 Å². The smallest absolute Gasteiger partial charge is 0.422 e. The molecule has 0 bridgehead atoms. The topological polar surface area (TPSA) is 48.0 Å². The van der Waals surface area contributed by atoms with Crippen LogP contribution >= 0.6 is 11.8 Å². The summed E-state index contributed by atoms with van der Waals surface area (Å²) in [6, 6.07) is 11.7. The first-order valence-electron chi connectivity index (χ1n) is 8.73. The van der Waals surface area contributed by atoms with Crippen LogP contribution in [0.3, 0.4) is 0 Å². The third kappa shape index (κ3) is 5.09. The Morgan fingerprint density at radius 2 is 1.69 bits per heavy atom. The summed E-state index contributed by atoms with van der Waals surface area (Å²) in [4.78, 5) is 14.2. The lowest BCUT2D eigenvalue weighted by Crippen LogP contribution is -2.28. The maximum atomic E-state index is 12.5. The fourth-order valence-electron chi connectivity index (χ4n) is 3.04. The second-order valence-electron chi connectivity index (χ2n) is 6.31. The molecule has 1 aliphatic rings. The molecule has 29 heavy (non-hydrogen) atoms. The summed E-state index contributed by atoms with van der Waals surface area (Å²) in [6.45, 7) is -1.04. The van der Waals surface area contributed by atoms with Gasteiger partial charge in [-0.25, -0.2) is 0 Å². The van der Waals surface area contributed by atoms with Crippen molar-refractivity contribution in [2.75, 3.05) is 26.6 Å². The third-order valence-corrected chi connectivity index (χ3v) is 5.58. The molecule has 2 aromatic rings. The van der Waals surface area contributed by atoms with Crippen molar-refractivity contribution in [2.45, 2.75) is 18.1 Å². The van der Waals surface area contributed by atoms with Crippen LogP contribution in [0.4, 0.5) is 13.2 Å². The van der Waals surface area contributed by atoms with Gasteiger partial charge in [-0.3, -0.25) is 4.79 Å². The molecule has 1 amide bonds. The molecule has 0 aliphatic carbocycles. The second kappa shape index (κ2) is 8.86. The Bertz CT molecular complexity index is 836. The molecule has 1 heterocycles. The molecule has 1 saturated heterocycles. The van der Waals surface area contributed by atoms with E-state index in [2.05, 4.69) is 0 Å². The second-order valence-corrected chi connectivity index (χ2v) is 7.38. The van der Waals surface area contributed by atoms with E-state index in [-0.39, 0.29) is 17.0 Å². The number of alkyl halides is 3. The van der Waals surface area contributed by atoms with E-state index in [0.29, 0.717) is 23.8 Å². The van der Waals surface area contributed by atoms with Gasteiger partial charge < -0.3 is 19.1 Å². The number of hydrogen-bond acceptors (Lipinski definition) is 5. The predicted octanol–water partition coefficient (Wildman–Crippen LogP) is 4.42. The van der Waals surface area contributed by atoms with Crippen molar-refractivity contribution in [2.24, 2.45) is 0 Å². The van der Waals surface area contributed by atoms with Crippen LogP contribution in [0.2, 0.25) is 0 Å². The van der Waals surface area contributed by atoms with E-state index in [1.807, 2.05) is 18.2 Å². The van der Waals surface area contributed by atoms with Gasteiger partial charge in [0, 0.05) is 6.54 Å². The zero-order chi connectivity index (χ0) is 21.0. The number of hydrogen-bond donors (Lipinski definition) is 0. The number of ether oxygens (including phenoxy) is 3. The number of methoxy groups -OCH3 is 2. The highest BCUT2D eigenvalue weighted by Crippen LogP contribution is 2.47. The lowest BCUT2D eigenvalue weighted by molar-refractivity contribution is -0.153. The third-order valence-electron chi connectivity index (χ3n) is 4.36. The molecule has 1 unspecified atom stereocenters. The molecule has 9 heteroatoms. The predicted molar refractivity (Wildman–Crippen MR) is 103 cm³/mol. The highest BCUT2D eigenvalue weighted by molar-refractivity contribution is 8.00. The maximum Gasteiger partial charge on any atom is 0.422 e. The molecule has 3 rings (SSSR count). The van der Waals surface area contributed by atoms with Gasteiger partial charge in [0.2, 0.25) is 5.91 Å². The van der Waals surface area contributed by atoms with E-state index in [1.165, 1.54) is 23.9 Å². The highest BCUT2D eigenvalue weighted by atomic mass is 32.2. The molecule has 1 aliphatic heterocycles. The Morgan fingerprint density at radius 1 is 1.07 bits per heavy atom. The molecule has 156 valence electrons. The summed E-state index contributed by atoms with van der Waals surface area (Å²) in [5, 5.41) is -0.297. The Kier molecular flexibility index (Phi) is 6.46. The van der Waals surface area contributed by atoms with Crippen LogP contribution in [0, 0.1) is 0 Å². The first-order valence-corrected chi connectivity index (χ1v) is 9.77. The summed E-state index contributed by atoms with van der Waals surface area (Å²) in [7, 11) is 3.12. The van der Waals surface area contributed by atoms with Crippen LogP contribution in [-0.2, 0) is 11.3 Å². The van der Waals surface area contributed by atoms with Gasteiger partial charge in [-0.1, -0.05) is 18.2 Å². The van der Waals surface area contributed by atoms with Crippen LogP contribution in [0.5, 0.6) is 17.2 Å². The molecule has 5 nitrogen and oxygen atoms in total. The lowest BCUT2D eigenvalue weighted by Gasteiger charge is -2.27. The van der Waals surface area contributed by atoms with Crippen molar-refractivity contribution in [1.29, 1.82) is 0 Å². The number of carbonyl (C=O) groups is 1. The minimum Gasteiger partial charge on any atom is -0.496 e. The average Bonchev–Trinajstić information content (AvgIpc) is 3.06. The molecule has 0 aromatic heterocycles. The first kappa shape index (κ1) is 21.2. The number of rotatable bonds is 7. The van der Waals surface area contributed by atoms with Crippen molar-refractivity contribution >= 4 is 17.7 Å². The standard InChI is InChI=1S/C20H20F3NO4S/c1-26-15-4-3-5-16(27-2)18(15)19-24(17(25)11-29-19)10-13-6-8-14(9-7-13)28-12-20(21,22)23/h3-9,19H,10-12H2,1-2H3. The fraction of sp³-hybridized carbons (Fsp3) is 0.350. The van der Waals surface area contributed by atoms with Crippen LogP contribution in [-0.4, -0.2) is 43.6 Å². The molecule has 0 radical (unpaired) electrons. The largest absolute Gasteiger partial charge is 0.496 e. The van der Waals surface area contributed by atoms with Crippen molar-refractivity contribution in [3.05, 3.63) is 53.6 Å². The van der Waals surface area contributed by atoms with Gasteiger partial charge in [-0.15, -0.1) is 11.8 Å². The molecule has 2 aromatic carbocycles. The van der Waals surface area contributed by atoms with E-state index in [9.17, 15) is 18.0 Å². The monoisotopic (exact) mass is 427 g/mol. The molecule has 0 saturated carbocycles. The number of nitrogens with zero attached hydrogens (tertiary/aromatic N) is 1. The number of thioether (sulfide) groups is 1. The summed E-state index contributed by atoms with van der Waals surface area (Å²) in [6.07, 6.45) is -4.39. The molecular formula is C20H20F3NO4S. The van der Waals surface area contributed by atoms with Crippen molar-refractivity contribution in [1.82, 2.24) is 4.90 Å². The molecule has 0 spiro atoms. The number of halogens is 3. The summed E-state index contributed by atoms with van der Waals surface area (Å²) in [5.74, 6) is 1.65. The highest BCUT2D eigenvalue weighted by Gasteiger charge is 2.36. The first-order chi connectivity index (χ1) is 13.8. The SMILES string of the molecule is COc1cccc(OC)c1C1SCC(=O)N1Cc1ccc(OCC(F)(F)F)cc1. The van der Waals surface area contributed by atoms with E-state index in [4.69, 9.17) is 14.2 Å². The Morgan fingerprint density at radius 3 is 2.24 bits per heavy atom. The Hall–Kier alpha value is -2.55. The van der Waals surface area contributed by atoms with E-state index in [0.717, 1.165) is 11.1 Å². The van der Waals surface area contributed by atoms with Gasteiger partial charge in [0.05, 0.1) is 25.5 Å². The Labute approximate surface area is 170 Å². The lowest BCUT2D eigenvalue weighted by atomic mass is 10.1. The molecule has 1 atom stereocenters. The van der Waals surface area contributed by atoms with Crippen molar-refractivity contribution in [3.63, 3.8) is 0 Å². The van der Waals surface area contributed by atoms with Crippen LogP contribution in [0.15, 0.2) is 42.5 Å². The van der Waals surface area contributed by atoms with Gasteiger partial charge in [-0.05, 0) is 29.8 Å². The molecule has 0 N–H and O–H groups in total. The number of benzene rings is 2. The van der Waals surface area contributed by atoms with Crippen LogP contribution < -0.4 is 14.2 Å². The summed E-state index contributed by atoms with van der Waals surface area (Å²) < 4.78 is 52.5. The zero-order valence-corrected chi connectivity index (χ0v) is 16.7. The quantitative estimate of drug-likeness (QED) is 0.655.